The fraction of sp³-hybridized carbons (Fsp3) is 0.611. The lowest BCUT2D eigenvalue weighted by molar-refractivity contribution is 0.00695. The van der Waals surface area contributed by atoms with E-state index in [1.165, 1.54) is 0 Å². The molecule has 1 unspecified atom stereocenters. The van der Waals surface area contributed by atoms with Gasteiger partial charge in [0.25, 0.3) is 0 Å². The third-order valence-corrected chi connectivity index (χ3v) is 5.18. The number of carbonyl (C=O) groups is 1. The normalized spacial score (nSPS) is 17.7. The van der Waals surface area contributed by atoms with Gasteiger partial charge in [0.2, 0.25) is 0 Å². The molecule has 0 radical (unpaired) electrons. The minimum absolute atomic E-state index is 0.327. The SMILES string of the molecule is CC(C)(C)OC(=O)c1ccc(CS(=O)CC2CCOCC2)cc1. The molecular formula is C18H26O4S. The summed E-state index contributed by atoms with van der Waals surface area (Å²) in [6.45, 7) is 7.11. The molecule has 1 saturated heterocycles. The molecule has 128 valence electrons. The third kappa shape index (κ3) is 6.43. The Morgan fingerprint density at radius 3 is 2.39 bits per heavy atom. The van der Waals surface area contributed by atoms with Crippen molar-refractivity contribution < 1.29 is 18.5 Å². The maximum absolute atomic E-state index is 12.3. The summed E-state index contributed by atoms with van der Waals surface area (Å²) in [4.78, 5) is 12.0. The Hall–Kier alpha value is -1.20. The van der Waals surface area contributed by atoms with Gasteiger partial charge in [0, 0.05) is 35.5 Å². The van der Waals surface area contributed by atoms with Crippen LogP contribution in [0.2, 0.25) is 0 Å². The molecule has 4 nitrogen and oxygen atoms in total. The van der Waals surface area contributed by atoms with Crippen molar-refractivity contribution in [3.05, 3.63) is 35.4 Å². The molecule has 0 amide bonds. The van der Waals surface area contributed by atoms with Crippen molar-refractivity contribution in [2.75, 3.05) is 19.0 Å². The largest absolute Gasteiger partial charge is 0.456 e. The average Bonchev–Trinajstić information content (AvgIpc) is 2.47. The molecule has 1 aromatic rings. The lowest BCUT2D eigenvalue weighted by Gasteiger charge is -2.21. The van der Waals surface area contributed by atoms with E-state index >= 15 is 0 Å². The van der Waals surface area contributed by atoms with E-state index in [2.05, 4.69) is 0 Å². The highest BCUT2D eigenvalue weighted by Crippen LogP contribution is 2.18. The van der Waals surface area contributed by atoms with Crippen molar-refractivity contribution in [1.29, 1.82) is 0 Å². The zero-order valence-corrected chi connectivity index (χ0v) is 15.0. The van der Waals surface area contributed by atoms with E-state index in [9.17, 15) is 9.00 Å². The first-order valence-electron chi connectivity index (χ1n) is 8.08. The molecule has 0 N–H and O–H groups in total. The molecule has 0 aromatic heterocycles. The smallest absolute Gasteiger partial charge is 0.338 e. The molecular weight excluding hydrogens is 312 g/mol. The molecule has 2 rings (SSSR count). The molecule has 0 bridgehead atoms. The van der Waals surface area contributed by atoms with Gasteiger partial charge in [-0.25, -0.2) is 4.79 Å². The van der Waals surface area contributed by atoms with E-state index in [1.54, 1.807) is 12.1 Å². The predicted octanol–water partition coefficient (Wildman–Crippen LogP) is 3.32. The Morgan fingerprint density at radius 1 is 1.22 bits per heavy atom. The minimum Gasteiger partial charge on any atom is -0.456 e. The van der Waals surface area contributed by atoms with Crippen LogP contribution in [0.1, 0.15) is 49.5 Å². The standard InChI is InChI=1S/C18H26O4S/c1-18(2,3)22-17(19)16-6-4-14(5-7-16)12-23(20)13-15-8-10-21-11-9-15/h4-7,15H,8-13H2,1-3H3. The second-order valence-corrected chi connectivity index (χ2v) is 8.51. The molecule has 1 aliphatic rings. The molecule has 1 heterocycles. The first-order chi connectivity index (χ1) is 10.8. The van der Waals surface area contributed by atoms with Gasteiger partial charge in [0.1, 0.15) is 5.60 Å². The van der Waals surface area contributed by atoms with E-state index < -0.39 is 16.4 Å². The summed E-state index contributed by atoms with van der Waals surface area (Å²) in [5.74, 6) is 1.45. The number of hydrogen-bond acceptors (Lipinski definition) is 4. The van der Waals surface area contributed by atoms with Crippen LogP contribution in [0.25, 0.3) is 0 Å². The molecule has 1 fully saturated rings. The highest BCUT2D eigenvalue weighted by molar-refractivity contribution is 7.84. The van der Waals surface area contributed by atoms with Crippen molar-refractivity contribution in [2.24, 2.45) is 5.92 Å². The summed E-state index contributed by atoms with van der Waals surface area (Å²) in [5.41, 5.74) is 1.02. The quantitative estimate of drug-likeness (QED) is 0.773. The van der Waals surface area contributed by atoms with Gasteiger partial charge < -0.3 is 9.47 Å². The van der Waals surface area contributed by atoms with E-state index in [0.29, 0.717) is 17.2 Å². The highest BCUT2D eigenvalue weighted by atomic mass is 32.2. The van der Waals surface area contributed by atoms with Crippen LogP contribution < -0.4 is 0 Å². The second-order valence-electron chi connectivity index (χ2n) is 7.01. The van der Waals surface area contributed by atoms with Gasteiger partial charge in [0.05, 0.1) is 5.56 Å². The fourth-order valence-electron chi connectivity index (χ4n) is 2.49. The second kappa shape index (κ2) is 8.06. The first-order valence-corrected chi connectivity index (χ1v) is 9.57. The van der Waals surface area contributed by atoms with Gasteiger partial charge >= 0.3 is 5.97 Å². The molecule has 0 aliphatic carbocycles. The van der Waals surface area contributed by atoms with E-state index in [-0.39, 0.29) is 5.97 Å². The molecule has 1 atom stereocenters. The number of carbonyl (C=O) groups excluding carboxylic acids is 1. The van der Waals surface area contributed by atoms with Gasteiger partial charge in [-0.3, -0.25) is 4.21 Å². The van der Waals surface area contributed by atoms with Gasteiger partial charge in [-0.2, -0.15) is 0 Å². The molecule has 1 aliphatic heterocycles. The number of ether oxygens (including phenoxy) is 2. The summed E-state index contributed by atoms with van der Waals surface area (Å²) in [7, 11) is -0.873. The van der Waals surface area contributed by atoms with Gasteiger partial charge in [-0.05, 0) is 57.2 Å². The number of rotatable bonds is 5. The van der Waals surface area contributed by atoms with Crippen LogP contribution in [0.15, 0.2) is 24.3 Å². The predicted molar refractivity (Wildman–Crippen MR) is 91.9 cm³/mol. The lowest BCUT2D eigenvalue weighted by atomic mass is 10.0. The van der Waals surface area contributed by atoms with Crippen molar-refractivity contribution in [1.82, 2.24) is 0 Å². The van der Waals surface area contributed by atoms with Crippen LogP contribution >= 0.6 is 0 Å². The monoisotopic (exact) mass is 338 g/mol. The summed E-state index contributed by atoms with van der Waals surface area (Å²) >= 11 is 0. The maximum Gasteiger partial charge on any atom is 0.338 e. The molecule has 0 spiro atoms. The van der Waals surface area contributed by atoms with Crippen LogP contribution in [0, 0.1) is 5.92 Å². The third-order valence-electron chi connectivity index (χ3n) is 3.68. The molecule has 0 saturated carbocycles. The zero-order chi connectivity index (χ0) is 16.9. The van der Waals surface area contributed by atoms with E-state index in [0.717, 1.165) is 37.4 Å². The molecule has 5 heteroatoms. The van der Waals surface area contributed by atoms with Crippen molar-refractivity contribution in [3.8, 4) is 0 Å². The number of esters is 1. The van der Waals surface area contributed by atoms with Crippen LogP contribution in [0.3, 0.4) is 0 Å². The van der Waals surface area contributed by atoms with Gasteiger partial charge in [0.15, 0.2) is 0 Å². The first kappa shape index (κ1) is 18.1. The van der Waals surface area contributed by atoms with Crippen molar-refractivity contribution in [2.45, 2.75) is 45.0 Å². The van der Waals surface area contributed by atoms with Crippen molar-refractivity contribution >= 4 is 16.8 Å². The van der Waals surface area contributed by atoms with E-state index in [1.807, 2.05) is 32.9 Å². The van der Waals surface area contributed by atoms with Gasteiger partial charge in [-0.1, -0.05) is 12.1 Å². The fourth-order valence-corrected chi connectivity index (χ4v) is 4.04. The van der Waals surface area contributed by atoms with Crippen LogP contribution in [-0.4, -0.2) is 34.7 Å². The Kier molecular flexibility index (Phi) is 6.36. The van der Waals surface area contributed by atoms with E-state index in [4.69, 9.17) is 9.47 Å². The number of benzene rings is 1. The summed E-state index contributed by atoms with van der Waals surface area (Å²) in [6, 6.07) is 7.21. The summed E-state index contributed by atoms with van der Waals surface area (Å²) < 4.78 is 22.9. The van der Waals surface area contributed by atoms with Gasteiger partial charge in [-0.15, -0.1) is 0 Å². The maximum atomic E-state index is 12.3. The minimum atomic E-state index is -0.873. The van der Waals surface area contributed by atoms with Crippen LogP contribution in [-0.2, 0) is 26.0 Å². The zero-order valence-electron chi connectivity index (χ0n) is 14.2. The van der Waals surface area contributed by atoms with Crippen LogP contribution in [0.4, 0.5) is 0 Å². The Balaban J connectivity index is 1.86. The lowest BCUT2D eigenvalue weighted by Crippen LogP contribution is -2.23. The summed E-state index contributed by atoms with van der Waals surface area (Å²) in [6.07, 6.45) is 2.01. The highest BCUT2D eigenvalue weighted by Gasteiger charge is 2.19. The topological polar surface area (TPSA) is 52.6 Å². The van der Waals surface area contributed by atoms with Crippen molar-refractivity contribution in [3.63, 3.8) is 0 Å². The Labute approximate surface area is 141 Å². The molecule has 1 aromatic carbocycles. The average molecular weight is 338 g/mol. The molecule has 23 heavy (non-hydrogen) atoms. The number of hydrogen-bond donors (Lipinski definition) is 0. The van der Waals surface area contributed by atoms with Crippen LogP contribution in [0.5, 0.6) is 0 Å². The Bertz CT molecular complexity index is 539. The Morgan fingerprint density at radius 2 is 1.83 bits per heavy atom. The summed E-state index contributed by atoms with van der Waals surface area (Å²) in [5, 5.41) is 0.